The lowest BCUT2D eigenvalue weighted by molar-refractivity contribution is -0.248. The smallest absolute Gasteiger partial charge is 0.110 e. The summed E-state index contributed by atoms with van der Waals surface area (Å²) >= 11 is 0. The SMILES string of the molecule is O[C@@H]1[C@H](O)CN2O[C@H]1C[C@H]2c1ccccc1. The predicted octanol–water partition coefficient (Wildman–Crippen LogP) is 0.469. The fourth-order valence-corrected chi connectivity index (χ4v) is 2.52. The molecule has 0 radical (unpaired) electrons. The normalized spacial score (nSPS) is 42.2. The molecule has 0 spiro atoms. The Morgan fingerprint density at radius 1 is 1.19 bits per heavy atom. The van der Waals surface area contributed by atoms with Gasteiger partial charge in [0.25, 0.3) is 0 Å². The largest absolute Gasteiger partial charge is 0.389 e. The van der Waals surface area contributed by atoms with Gasteiger partial charge in [-0.15, -0.1) is 0 Å². The van der Waals surface area contributed by atoms with E-state index in [2.05, 4.69) is 0 Å². The maximum absolute atomic E-state index is 9.73. The third-order valence-electron chi connectivity index (χ3n) is 3.40. The number of benzene rings is 1. The van der Waals surface area contributed by atoms with Crippen molar-refractivity contribution in [3.8, 4) is 0 Å². The number of rotatable bonds is 1. The number of fused-ring (bicyclic) bond motifs is 2. The summed E-state index contributed by atoms with van der Waals surface area (Å²) in [5, 5.41) is 21.2. The molecule has 0 amide bonds. The van der Waals surface area contributed by atoms with Crippen molar-refractivity contribution < 1.29 is 15.1 Å². The number of nitrogens with zero attached hydrogens (tertiary/aromatic N) is 1. The summed E-state index contributed by atoms with van der Waals surface area (Å²) in [5.74, 6) is 0. The van der Waals surface area contributed by atoms with Crippen LogP contribution in [0.4, 0.5) is 0 Å². The summed E-state index contributed by atoms with van der Waals surface area (Å²) in [5.41, 5.74) is 1.17. The second-order valence-corrected chi connectivity index (χ2v) is 4.46. The van der Waals surface area contributed by atoms with Crippen molar-refractivity contribution in [2.75, 3.05) is 6.54 Å². The molecule has 0 aliphatic carbocycles. The number of hydrogen-bond donors (Lipinski definition) is 2. The summed E-state index contributed by atoms with van der Waals surface area (Å²) < 4.78 is 0. The molecule has 2 N–H and O–H groups in total. The molecule has 86 valence electrons. The number of aliphatic hydroxyl groups excluding tert-OH is 2. The predicted molar refractivity (Wildman–Crippen MR) is 57.4 cm³/mol. The van der Waals surface area contributed by atoms with Gasteiger partial charge in [0.2, 0.25) is 0 Å². The van der Waals surface area contributed by atoms with Crippen LogP contribution < -0.4 is 0 Å². The Morgan fingerprint density at radius 2 is 1.94 bits per heavy atom. The van der Waals surface area contributed by atoms with Crippen molar-refractivity contribution in [3.05, 3.63) is 35.9 Å². The van der Waals surface area contributed by atoms with Gasteiger partial charge in [0, 0.05) is 6.42 Å². The molecule has 4 heteroatoms. The van der Waals surface area contributed by atoms with Gasteiger partial charge in [0.1, 0.15) is 12.2 Å². The van der Waals surface area contributed by atoms with E-state index in [9.17, 15) is 10.2 Å². The maximum atomic E-state index is 9.73. The Morgan fingerprint density at radius 3 is 2.69 bits per heavy atom. The van der Waals surface area contributed by atoms with Crippen LogP contribution in [0.1, 0.15) is 18.0 Å². The van der Waals surface area contributed by atoms with Crippen LogP contribution >= 0.6 is 0 Å². The highest BCUT2D eigenvalue weighted by Crippen LogP contribution is 2.39. The number of hydrogen-bond acceptors (Lipinski definition) is 4. The van der Waals surface area contributed by atoms with Gasteiger partial charge >= 0.3 is 0 Å². The van der Waals surface area contributed by atoms with Crippen molar-refractivity contribution in [2.45, 2.75) is 30.8 Å². The molecular weight excluding hydrogens is 206 g/mol. The summed E-state index contributed by atoms with van der Waals surface area (Å²) in [4.78, 5) is 5.57. The van der Waals surface area contributed by atoms with Crippen LogP contribution in [-0.4, -0.2) is 40.1 Å². The van der Waals surface area contributed by atoms with Crippen molar-refractivity contribution >= 4 is 0 Å². The molecule has 0 aromatic heterocycles. The maximum Gasteiger partial charge on any atom is 0.110 e. The number of aliphatic hydroxyl groups is 2. The van der Waals surface area contributed by atoms with Gasteiger partial charge in [-0.05, 0) is 5.56 Å². The molecular formula is C12H15NO3. The zero-order valence-electron chi connectivity index (χ0n) is 8.86. The summed E-state index contributed by atoms with van der Waals surface area (Å²) in [6.45, 7) is 0.372. The molecule has 2 heterocycles. The van der Waals surface area contributed by atoms with Crippen LogP contribution in [-0.2, 0) is 4.84 Å². The molecule has 2 aliphatic rings. The highest BCUT2D eigenvalue weighted by atomic mass is 16.7. The fraction of sp³-hybridized carbons (Fsp3) is 0.500. The number of hydroxylamine groups is 2. The van der Waals surface area contributed by atoms with Gasteiger partial charge in [-0.1, -0.05) is 30.3 Å². The first kappa shape index (κ1) is 10.2. The monoisotopic (exact) mass is 221 g/mol. The van der Waals surface area contributed by atoms with Crippen LogP contribution in [0.3, 0.4) is 0 Å². The van der Waals surface area contributed by atoms with Gasteiger partial charge in [0.05, 0.1) is 18.7 Å². The van der Waals surface area contributed by atoms with E-state index in [1.807, 2.05) is 30.3 Å². The minimum absolute atomic E-state index is 0.151. The van der Waals surface area contributed by atoms with Gasteiger partial charge < -0.3 is 10.2 Å². The quantitative estimate of drug-likeness (QED) is 0.723. The van der Waals surface area contributed by atoms with E-state index >= 15 is 0 Å². The second-order valence-electron chi connectivity index (χ2n) is 4.46. The molecule has 2 fully saturated rings. The second kappa shape index (κ2) is 3.82. The van der Waals surface area contributed by atoms with Crippen molar-refractivity contribution in [1.29, 1.82) is 0 Å². The Balaban J connectivity index is 1.85. The molecule has 1 aromatic carbocycles. The van der Waals surface area contributed by atoms with E-state index in [1.165, 1.54) is 5.56 Å². The lowest BCUT2D eigenvalue weighted by Gasteiger charge is -2.32. The molecule has 4 nitrogen and oxygen atoms in total. The zero-order valence-corrected chi connectivity index (χ0v) is 8.86. The molecule has 5 atom stereocenters. The Labute approximate surface area is 94.0 Å². The molecule has 16 heavy (non-hydrogen) atoms. The summed E-state index contributed by atoms with van der Waals surface area (Å²) in [7, 11) is 0. The van der Waals surface area contributed by atoms with Crippen molar-refractivity contribution in [2.24, 2.45) is 0 Å². The van der Waals surface area contributed by atoms with E-state index in [-0.39, 0.29) is 12.1 Å². The third-order valence-corrected chi connectivity index (χ3v) is 3.40. The van der Waals surface area contributed by atoms with Gasteiger partial charge in [-0.25, -0.2) is 0 Å². The van der Waals surface area contributed by atoms with Crippen LogP contribution in [0.2, 0.25) is 0 Å². The van der Waals surface area contributed by atoms with E-state index in [4.69, 9.17) is 4.84 Å². The van der Waals surface area contributed by atoms with Gasteiger partial charge in [0.15, 0.2) is 0 Å². The topological polar surface area (TPSA) is 52.9 Å². The lowest BCUT2D eigenvalue weighted by atomic mass is 10.00. The Kier molecular flexibility index (Phi) is 2.44. The molecule has 3 rings (SSSR count). The Bertz CT molecular complexity index is 370. The minimum Gasteiger partial charge on any atom is -0.389 e. The minimum atomic E-state index is -0.759. The molecule has 2 aliphatic heterocycles. The molecule has 2 saturated heterocycles. The standard InChI is InChI=1S/C12H15NO3/c14-10-7-13-9(6-11(16-13)12(10)15)8-4-2-1-3-5-8/h1-5,9-12,14-15H,6-7H2/t9-,10+,11-,12+/m0/s1. The van der Waals surface area contributed by atoms with Gasteiger partial charge in [-0.2, -0.15) is 5.06 Å². The molecule has 2 bridgehead atoms. The average Bonchev–Trinajstić information content (AvgIpc) is 2.68. The van der Waals surface area contributed by atoms with Crippen LogP contribution in [0, 0.1) is 0 Å². The van der Waals surface area contributed by atoms with Crippen molar-refractivity contribution in [1.82, 2.24) is 5.06 Å². The fourth-order valence-electron chi connectivity index (χ4n) is 2.52. The van der Waals surface area contributed by atoms with Gasteiger partial charge in [-0.3, -0.25) is 4.84 Å². The highest BCUT2D eigenvalue weighted by Gasteiger charge is 2.46. The molecule has 0 saturated carbocycles. The zero-order chi connectivity index (χ0) is 11.1. The van der Waals surface area contributed by atoms with Crippen LogP contribution in [0.25, 0.3) is 0 Å². The van der Waals surface area contributed by atoms with E-state index in [0.717, 1.165) is 6.42 Å². The first-order chi connectivity index (χ1) is 7.75. The Hall–Kier alpha value is -0.940. The lowest BCUT2D eigenvalue weighted by Crippen LogP contribution is -2.48. The first-order valence-electron chi connectivity index (χ1n) is 5.60. The van der Waals surface area contributed by atoms with E-state index in [1.54, 1.807) is 5.06 Å². The summed E-state index contributed by atoms with van der Waals surface area (Å²) in [6, 6.07) is 10.2. The first-order valence-corrected chi connectivity index (χ1v) is 5.60. The third kappa shape index (κ3) is 1.55. The van der Waals surface area contributed by atoms with E-state index in [0.29, 0.717) is 6.54 Å². The molecule has 1 aromatic rings. The highest BCUT2D eigenvalue weighted by molar-refractivity contribution is 5.20. The van der Waals surface area contributed by atoms with Crippen molar-refractivity contribution in [3.63, 3.8) is 0 Å². The van der Waals surface area contributed by atoms with Crippen LogP contribution in [0.15, 0.2) is 30.3 Å². The average molecular weight is 221 g/mol. The van der Waals surface area contributed by atoms with Crippen LogP contribution in [0.5, 0.6) is 0 Å². The van der Waals surface area contributed by atoms with E-state index < -0.39 is 12.2 Å². The summed E-state index contributed by atoms with van der Waals surface area (Å²) in [6.07, 6.45) is -0.992. The molecule has 1 unspecified atom stereocenters.